The third kappa shape index (κ3) is 7.16. The van der Waals surface area contributed by atoms with E-state index >= 15 is 0 Å². The maximum absolute atomic E-state index is 14.5. The zero-order valence-electron chi connectivity index (χ0n) is 31.1. The zero-order chi connectivity index (χ0) is 38.6. The third-order valence-corrected chi connectivity index (χ3v) is 14.0. The lowest BCUT2D eigenvalue weighted by atomic mass is 9.88. The summed E-state index contributed by atoms with van der Waals surface area (Å²) in [5, 5.41) is 16.6. The summed E-state index contributed by atoms with van der Waals surface area (Å²) in [6, 6.07) is 3.18. The fraction of sp³-hybridized carbons (Fsp3) is 0.605. The summed E-state index contributed by atoms with van der Waals surface area (Å²) >= 11 is 0. The van der Waals surface area contributed by atoms with Crippen LogP contribution in [0.3, 0.4) is 0 Å². The molecule has 292 valence electrons. The molecule has 2 aromatic rings. The van der Waals surface area contributed by atoms with Crippen LogP contribution in [0.4, 0.5) is 4.79 Å². The second-order valence-corrected chi connectivity index (χ2v) is 18.1. The van der Waals surface area contributed by atoms with E-state index in [0.29, 0.717) is 49.3 Å². The molecule has 3 fully saturated rings. The molecule has 1 saturated heterocycles. The Morgan fingerprint density at radius 3 is 2.65 bits per heavy atom. The molecule has 7 atom stereocenters. The van der Waals surface area contributed by atoms with Crippen molar-refractivity contribution in [3.8, 4) is 17.5 Å². The second-order valence-electron chi connectivity index (χ2n) is 16.0. The Hall–Kier alpha value is -4.60. The first-order valence-corrected chi connectivity index (χ1v) is 20.3. The van der Waals surface area contributed by atoms with Gasteiger partial charge in [-0.1, -0.05) is 26.0 Å². The summed E-state index contributed by atoms with van der Waals surface area (Å²) < 4.78 is 45.5. The molecular formula is C38H49N5O10S. The van der Waals surface area contributed by atoms with Crippen molar-refractivity contribution in [2.75, 3.05) is 20.3 Å². The highest BCUT2D eigenvalue weighted by Crippen LogP contribution is 2.48. The smallest absolute Gasteiger partial charge is 0.405 e. The number of fused-ring (bicyclic) bond motifs is 5. The van der Waals surface area contributed by atoms with Crippen LogP contribution in [-0.2, 0) is 30.8 Å². The Balaban J connectivity index is 1.24. The van der Waals surface area contributed by atoms with Crippen molar-refractivity contribution >= 4 is 44.6 Å². The molecule has 4 heterocycles. The first-order valence-electron chi connectivity index (χ1n) is 18.8. The number of rotatable bonds is 7. The Morgan fingerprint density at radius 1 is 1.15 bits per heavy atom. The van der Waals surface area contributed by atoms with Crippen LogP contribution in [0.5, 0.6) is 17.5 Å². The molecule has 4 amide bonds. The van der Waals surface area contributed by atoms with Gasteiger partial charge in [-0.25, -0.2) is 13.2 Å². The van der Waals surface area contributed by atoms with Crippen LogP contribution in [0, 0.1) is 17.8 Å². The molecule has 1 aromatic heterocycles. The minimum atomic E-state index is -4.01. The topological polar surface area (TPSA) is 203 Å². The number of methoxy groups -OCH3 is 1. The number of carboxylic acid groups (broad SMARTS) is 1. The van der Waals surface area contributed by atoms with Gasteiger partial charge in [0.15, 0.2) is 0 Å². The van der Waals surface area contributed by atoms with E-state index in [1.807, 2.05) is 38.1 Å². The highest BCUT2D eigenvalue weighted by atomic mass is 32.2. The predicted molar refractivity (Wildman–Crippen MR) is 197 cm³/mol. The maximum Gasteiger partial charge on any atom is 0.405 e. The van der Waals surface area contributed by atoms with E-state index in [1.165, 1.54) is 4.90 Å². The van der Waals surface area contributed by atoms with E-state index < -0.39 is 74.1 Å². The van der Waals surface area contributed by atoms with E-state index in [9.17, 15) is 32.7 Å². The number of hydrogen-bond acceptors (Lipinski definition) is 10. The van der Waals surface area contributed by atoms with Gasteiger partial charge < -0.3 is 34.9 Å². The molecule has 2 saturated carbocycles. The first-order chi connectivity index (χ1) is 25.6. The molecule has 5 aliphatic rings. The van der Waals surface area contributed by atoms with Crippen molar-refractivity contribution in [3.05, 3.63) is 35.9 Å². The number of benzene rings is 1. The van der Waals surface area contributed by atoms with Gasteiger partial charge in [0.05, 0.1) is 25.0 Å². The van der Waals surface area contributed by atoms with Gasteiger partial charge in [0.2, 0.25) is 33.6 Å². The molecule has 3 aliphatic heterocycles. The van der Waals surface area contributed by atoms with Crippen molar-refractivity contribution in [1.82, 2.24) is 25.2 Å². The molecule has 15 nitrogen and oxygen atoms in total. The molecule has 0 spiro atoms. The number of pyridine rings is 1. The van der Waals surface area contributed by atoms with E-state index in [4.69, 9.17) is 19.2 Å². The molecule has 7 rings (SSSR count). The fourth-order valence-corrected chi connectivity index (χ4v) is 9.49. The molecule has 1 aromatic carbocycles. The lowest BCUT2D eigenvalue weighted by molar-refractivity contribution is -0.142. The van der Waals surface area contributed by atoms with Crippen LogP contribution < -0.4 is 29.6 Å². The van der Waals surface area contributed by atoms with Gasteiger partial charge in [-0.15, -0.1) is 0 Å². The highest BCUT2D eigenvalue weighted by Gasteiger charge is 2.63. The summed E-state index contributed by atoms with van der Waals surface area (Å²) in [6.07, 6.45) is 6.16. The number of nitrogens with zero attached hydrogens (tertiary/aromatic N) is 2. The largest absolute Gasteiger partial charge is 0.497 e. The number of aryl methyl sites for hydroxylation is 1. The van der Waals surface area contributed by atoms with Crippen molar-refractivity contribution < 1.29 is 46.9 Å². The summed E-state index contributed by atoms with van der Waals surface area (Å²) in [7, 11) is -2.43. The number of nitrogens with one attached hydrogen (secondary N) is 3. The van der Waals surface area contributed by atoms with Gasteiger partial charge in [0.25, 0.3) is 5.91 Å². The van der Waals surface area contributed by atoms with Gasteiger partial charge in [0, 0.05) is 23.3 Å². The van der Waals surface area contributed by atoms with Crippen LogP contribution in [0.25, 0.3) is 10.8 Å². The number of hydrogen-bond donors (Lipinski definition) is 4. The van der Waals surface area contributed by atoms with Gasteiger partial charge >= 0.3 is 6.09 Å². The van der Waals surface area contributed by atoms with Crippen LogP contribution >= 0.6 is 0 Å². The molecule has 0 unspecified atom stereocenters. The number of amides is 4. The maximum atomic E-state index is 14.5. The standard InChI is InChI=1S/C38H49N5O10S/c1-21-8-5-6-9-23-19-38(23,35(46)42-54(49,50)37(3)13-14-37)41-31(44)29-18-25(20-43(29)34(45)30(22(2)16-21)39-36(47)48)53-33-27-12-11-24(51-4)17-28(27)26-10-7-15-52-32(26)40-33/h6,9,11-12,17,21-23,25,29-30,39H,5,7-8,10,13-16,18-20H2,1-4H3,(H,41,44)(H,42,46)(H,47,48)/b9-6-/t21-,22+,23+,25+,29-,30-,38+/m0/s1. The average Bonchev–Trinajstić information content (AvgIpc) is 4.01. The van der Waals surface area contributed by atoms with Crippen LogP contribution in [0.1, 0.15) is 77.7 Å². The van der Waals surface area contributed by atoms with Gasteiger partial charge in [-0.3, -0.25) is 19.1 Å². The molecule has 2 aliphatic carbocycles. The Labute approximate surface area is 314 Å². The number of ether oxygens (including phenoxy) is 3. The number of aromatic nitrogens is 1. The SMILES string of the molecule is COc1ccc2c(O[C@@H]3C[C@H]4C(=O)N[C@]5(C(=O)NS(=O)(=O)C6(C)CC6)C[C@H]5/C=C\CC[C@H](C)C[C@@H](C)[C@H](NC(=O)O)C(=O)N4C3)nc3c(c2c1)CCCO3. The van der Waals surface area contributed by atoms with E-state index in [-0.39, 0.29) is 31.2 Å². The summed E-state index contributed by atoms with van der Waals surface area (Å²) in [6.45, 7) is 5.84. The molecule has 0 radical (unpaired) electrons. The molecule has 54 heavy (non-hydrogen) atoms. The van der Waals surface area contributed by atoms with Crippen LogP contribution in [0.15, 0.2) is 30.4 Å². The lowest BCUT2D eigenvalue weighted by Gasteiger charge is -2.32. The first kappa shape index (κ1) is 37.7. The van der Waals surface area contributed by atoms with Gasteiger partial charge in [-0.05, 0) is 93.7 Å². The minimum Gasteiger partial charge on any atom is -0.497 e. The fourth-order valence-electron chi connectivity index (χ4n) is 8.18. The summed E-state index contributed by atoms with van der Waals surface area (Å²) in [5.41, 5.74) is -0.624. The lowest BCUT2D eigenvalue weighted by Crippen LogP contribution is -2.59. The van der Waals surface area contributed by atoms with Gasteiger partial charge in [0.1, 0.15) is 29.5 Å². The van der Waals surface area contributed by atoms with Crippen LogP contribution in [-0.4, -0.2) is 96.0 Å². The highest BCUT2D eigenvalue weighted by molar-refractivity contribution is 7.91. The monoisotopic (exact) mass is 767 g/mol. The minimum absolute atomic E-state index is 0.00596. The van der Waals surface area contributed by atoms with Crippen molar-refractivity contribution in [2.24, 2.45) is 17.8 Å². The van der Waals surface area contributed by atoms with Crippen molar-refractivity contribution in [1.29, 1.82) is 0 Å². The number of carbonyl (C=O) groups excluding carboxylic acids is 3. The van der Waals surface area contributed by atoms with Crippen molar-refractivity contribution in [3.63, 3.8) is 0 Å². The molecular weight excluding hydrogens is 719 g/mol. The van der Waals surface area contributed by atoms with E-state index in [0.717, 1.165) is 30.2 Å². The zero-order valence-corrected chi connectivity index (χ0v) is 31.9. The van der Waals surface area contributed by atoms with E-state index in [2.05, 4.69) is 15.4 Å². The third-order valence-electron chi connectivity index (χ3n) is 11.9. The quantitative estimate of drug-likeness (QED) is 0.301. The Morgan fingerprint density at radius 2 is 1.93 bits per heavy atom. The Kier molecular flexibility index (Phi) is 9.94. The number of sulfonamides is 1. The second kappa shape index (κ2) is 14.2. The number of allylic oxidation sites excluding steroid dienone is 1. The average molecular weight is 768 g/mol. The Bertz CT molecular complexity index is 2000. The van der Waals surface area contributed by atoms with Crippen LogP contribution in [0.2, 0.25) is 0 Å². The van der Waals surface area contributed by atoms with Crippen molar-refractivity contribution in [2.45, 2.75) is 107 Å². The predicted octanol–water partition coefficient (Wildman–Crippen LogP) is 3.44. The van der Waals surface area contributed by atoms with Gasteiger partial charge in [-0.2, -0.15) is 4.98 Å². The van der Waals surface area contributed by atoms with E-state index in [1.54, 1.807) is 20.1 Å². The summed E-state index contributed by atoms with van der Waals surface area (Å²) in [4.78, 5) is 60.9. The summed E-state index contributed by atoms with van der Waals surface area (Å²) in [5.74, 6) is -1.52. The molecule has 4 N–H and O–H groups in total. The number of carbonyl (C=O) groups is 4. The molecule has 0 bridgehead atoms. The molecule has 16 heteroatoms. The normalized spacial score (nSPS) is 31.2.